The highest BCUT2D eigenvalue weighted by atomic mass is 32.1. The van der Waals surface area contributed by atoms with Crippen LogP contribution in [-0.2, 0) is 0 Å². The van der Waals surface area contributed by atoms with Crippen molar-refractivity contribution in [1.82, 2.24) is 9.97 Å². The zero-order chi connectivity index (χ0) is 13.8. The third-order valence-electron chi connectivity index (χ3n) is 2.86. The Bertz CT molecular complexity index is 553. The summed E-state index contributed by atoms with van der Waals surface area (Å²) in [6.07, 6.45) is 1.53. The van der Waals surface area contributed by atoms with Crippen molar-refractivity contribution in [1.29, 1.82) is 0 Å². The molecule has 0 aliphatic heterocycles. The first-order valence-corrected chi connectivity index (χ1v) is 7.20. The van der Waals surface area contributed by atoms with E-state index in [-0.39, 0.29) is 6.04 Å². The third kappa shape index (κ3) is 3.23. The molecule has 2 aromatic rings. The van der Waals surface area contributed by atoms with Crippen molar-refractivity contribution >= 4 is 17.2 Å². The molecule has 0 fully saturated rings. The molecular weight excluding hydrogens is 258 g/mol. The highest BCUT2D eigenvalue weighted by Gasteiger charge is 2.12. The van der Waals surface area contributed by atoms with Crippen LogP contribution in [0.4, 0.5) is 5.82 Å². The molecule has 4 nitrogen and oxygen atoms in total. The van der Waals surface area contributed by atoms with Gasteiger partial charge in [0.25, 0.3) is 0 Å². The van der Waals surface area contributed by atoms with Gasteiger partial charge in [-0.1, -0.05) is 0 Å². The highest BCUT2D eigenvalue weighted by molar-refractivity contribution is 7.12. The van der Waals surface area contributed by atoms with Gasteiger partial charge in [0.05, 0.1) is 18.2 Å². The van der Waals surface area contributed by atoms with E-state index in [1.165, 1.54) is 16.1 Å². The van der Waals surface area contributed by atoms with E-state index in [9.17, 15) is 0 Å². The minimum atomic E-state index is 0.224. The van der Waals surface area contributed by atoms with Crippen LogP contribution in [0.5, 0.6) is 5.88 Å². The second-order valence-electron chi connectivity index (χ2n) is 4.40. The molecule has 2 aromatic heterocycles. The molecule has 102 valence electrons. The van der Waals surface area contributed by atoms with Crippen molar-refractivity contribution in [2.75, 3.05) is 11.9 Å². The average molecular weight is 277 g/mol. The Labute approximate surface area is 117 Å². The molecule has 0 spiro atoms. The summed E-state index contributed by atoms with van der Waals surface area (Å²) in [6, 6.07) is 4.51. The van der Waals surface area contributed by atoms with E-state index in [4.69, 9.17) is 4.74 Å². The molecule has 2 rings (SSSR count). The summed E-state index contributed by atoms with van der Waals surface area (Å²) in [5, 5.41) is 3.42. The number of nitrogens with one attached hydrogen (secondary N) is 1. The number of hydrogen-bond acceptors (Lipinski definition) is 5. The fourth-order valence-electron chi connectivity index (χ4n) is 1.82. The summed E-state index contributed by atoms with van der Waals surface area (Å²) in [7, 11) is 0. The van der Waals surface area contributed by atoms with Gasteiger partial charge in [-0.2, -0.15) is 0 Å². The van der Waals surface area contributed by atoms with Crippen LogP contribution in [0.25, 0.3) is 0 Å². The molecular formula is C14H19N3OS. The lowest BCUT2D eigenvalue weighted by atomic mass is 10.2. The number of aryl methyl sites for hydroxylation is 1. The summed E-state index contributed by atoms with van der Waals surface area (Å²) in [6.45, 7) is 8.78. The van der Waals surface area contributed by atoms with Crippen molar-refractivity contribution in [3.05, 3.63) is 33.8 Å². The Morgan fingerprint density at radius 3 is 2.74 bits per heavy atom. The normalized spacial score (nSPS) is 12.2. The molecule has 0 amide bonds. The molecule has 0 radical (unpaired) electrons. The number of anilines is 1. The van der Waals surface area contributed by atoms with Gasteiger partial charge in [-0.3, -0.25) is 0 Å². The minimum absolute atomic E-state index is 0.224. The van der Waals surface area contributed by atoms with E-state index in [2.05, 4.69) is 41.3 Å². The molecule has 0 aliphatic carbocycles. The molecule has 0 bridgehead atoms. The molecule has 0 aromatic carbocycles. The standard InChI is InChI=1S/C14H19N3OS/c1-5-18-14-10(3)13(15-8-16-14)17-11(4)12-7-6-9(2)19-12/h6-8,11H,5H2,1-4H3,(H,15,16,17). The van der Waals surface area contributed by atoms with E-state index < -0.39 is 0 Å². The Morgan fingerprint density at radius 1 is 1.32 bits per heavy atom. The zero-order valence-electron chi connectivity index (χ0n) is 11.7. The Hall–Kier alpha value is -1.62. The van der Waals surface area contributed by atoms with Crippen molar-refractivity contribution < 1.29 is 4.74 Å². The average Bonchev–Trinajstić information content (AvgIpc) is 2.81. The summed E-state index contributed by atoms with van der Waals surface area (Å²) < 4.78 is 5.48. The lowest BCUT2D eigenvalue weighted by Crippen LogP contribution is -2.09. The molecule has 1 N–H and O–H groups in total. The fraction of sp³-hybridized carbons (Fsp3) is 0.429. The predicted octanol–water partition coefficient (Wildman–Crippen LogP) is 3.73. The molecule has 19 heavy (non-hydrogen) atoms. The number of thiophene rings is 1. The smallest absolute Gasteiger partial charge is 0.221 e. The van der Waals surface area contributed by atoms with Crippen molar-refractivity contribution in [3.8, 4) is 5.88 Å². The van der Waals surface area contributed by atoms with E-state index in [0.29, 0.717) is 12.5 Å². The predicted molar refractivity (Wildman–Crippen MR) is 79.0 cm³/mol. The van der Waals surface area contributed by atoms with Crippen LogP contribution in [0, 0.1) is 13.8 Å². The van der Waals surface area contributed by atoms with Gasteiger partial charge in [-0.05, 0) is 39.8 Å². The second kappa shape index (κ2) is 6.02. The third-order valence-corrected chi connectivity index (χ3v) is 4.04. The first-order chi connectivity index (χ1) is 9.11. The Balaban J connectivity index is 2.16. The van der Waals surface area contributed by atoms with Gasteiger partial charge in [-0.15, -0.1) is 11.3 Å². The minimum Gasteiger partial charge on any atom is -0.478 e. The molecule has 0 saturated heterocycles. The molecule has 5 heteroatoms. The summed E-state index contributed by atoms with van der Waals surface area (Å²) in [5.41, 5.74) is 0.949. The van der Waals surface area contributed by atoms with Gasteiger partial charge in [-0.25, -0.2) is 9.97 Å². The topological polar surface area (TPSA) is 47.0 Å². The monoisotopic (exact) mass is 277 g/mol. The van der Waals surface area contributed by atoms with Gasteiger partial charge in [0.1, 0.15) is 12.1 Å². The van der Waals surface area contributed by atoms with Crippen LogP contribution < -0.4 is 10.1 Å². The van der Waals surface area contributed by atoms with Crippen LogP contribution >= 0.6 is 11.3 Å². The fourth-order valence-corrected chi connectivity index (χ4v) is 2.70. The first-order valence-electron chi connectivity index (χ1n) is 6.39. The van der Waals surface area contributed by atoms with Gasteiger partial charge < -0.3 is 10.1 Å². The Morgan fingerprint density at radius 2 is 2.11 bits per heavy atom. The number of ether oxygens (including phenoxy) is 1. The van der Waals surface area contributed by atoms with E-state index in [1.54, 1.807) is 11.3 Å². The maximum atomic E-state index is 5.48. The van der Waals surface area contributed by atoms with Crippen molar-refractivity contribution in [3.63, 3.8) is 0 Å². The van der Waals surface area contributed by atoms with Gasteiger partial charge in [0, 0.05) is 9.75 Å². The van der Waals surface area contributed by atoms with Crippen LogP contribution in [0.1, 0.15) is 35.2 Å². The van der Waals surface area contributed by atoms with Crippen LogP contribution in [-0.4, -0.2) is 16.6 Å². The number of hydrogen-bond donors (Lipinski definition) is 1. The lowest BCUT2D eigenvalue weighted by molar-refractivity contribution is 0.324. The summed E-state index contributed by atoms with van der Waals surface area (Å²) in [5.74, 6) is 1.48. The Kier molecular flexibility index (Phi) is 4.37. The SMILES string of the molecule is CCOc1ncnc(NC(C)c2ccc(C)s2)c1C. The second-order valence-corrected chi connectivity index (χ2v) is 5.72. The van der Waals surface area contributed by atoms with Gasteiger partial charge >= 0.3 is 0 Å². The molecule has 1 atom stereocenters. The number of aromatic nitrogens is 2. The van der Waals surface area contributed by atoms with Crippen LogP contribution in [0.3, 0.4) is 0 Å². The maximum Gasteiger partial charge on any atom is 0.221 e. The van der Waals surface area contributed by atoms with Crippen LogP contribution in [0.15, 0.2) is 18.5 Å². The lowest BCUT2D eigenvalue weighted by Gasteiger charge is -2.16. The van der Waals surface area contributed by atoms with Gasteiger partial charge in [0.15, 0.2) is 0 Å². The molecule has 0 saturated carbocycles. The van der Waals surface area contributed by atoms with Gasteiger partial charge in [0.2, 0.25) is 5.88 Å². The van der Waals surface area contributed by atoms with E-state index in [1.807, 2.05) is 13.8 Å². The number of rotatable bonds is 5. The number of nitrogens with zero attached hydrogens (tertiary/aromatic N) is 2. The summed E-state index contributed by atoms with van der Waals surface area (Å²) in [4.78, 5) is 11.1. The van der Waals surface area contributed by atoms with Crippen molar-refractivity contribution in [2.24, 2.45) is 0 Å². The molecule has 2 heterocycles. The maximum absolute atomic E-state index is 5.48. The highest BCUT2D eigenvalue weighted by Crippen LogP contribution is 2.28. The van der Waals surface area contributed by atoms with Crippen LogP contribution in [0.2, 0.25) is 0 Å². The first kappa shape index (κ1) is 13.8. The largest absolute Gasteiger partial charge is 0.478 e. The van der Waals surface area contributed by atoms with Crippen molar-refractivity contribution in [2.45, 2.75) is 33.7 Å². The molecule has 0 aliphatic rings. The van der Waals surface area contributed by atoms with E-state index >= 15 is 0 Å². The quantitative estimate of drug-likeness (QED) is 0.904. The molecule has 1 unspecified atom stereocenters. The summed E-state index contributed by atoms with van der Waals surface area (Å²) >= 11 is 1.80. The zero-order valence-corrected chi connectivity index (χ0v) is 12.5. The van der Waals surface area contributed by atoms with E-state index in [0.717, 1.165) is 11.4 Å².